The summed E-state index contributed by atoms with van der Waals surface area (Å²) >= 11 is 1.30. The van der Waals surface area contributed by atoms with E-state index in [-0.39, 0.29) is 0 Å². The van der Waals surface area contributed by atoms with Crippen LogP contribution >= 0.6 is 11.3 Å². The molecule has 5 nitrogen and oxygen atoms in total. The summed E-state index contributed by atoms with van der Waals surface area (Å²) in [6.07, 6.45) is 3.35. The number of rotatable bonds is 9. The van der Waals surface area contributed by atoms with Gasteiger partial charge in [0.05, 0.1) is 22.4 Å². The third-order valence-electron chi connectivity index (χ3n) is 6.80. The van der Waals surface area contributed by atoms with Gasteiger partial charge in [0.25, 0.3) is 5.91 Å². The molecule has 0 radical (unpaired) electrons. The largest absolute Gasteiger partial charge is 0.455 e. The monoisotopic (exact) mass is 542 g/mol. The molecule has 0 aliphatic heterocycles. The number of nitrogens with two attached hydrogens (primary N) is 1. The topological polar surface area (TPSA) is 74.4 Å². The van der Waals surface area contributed by atoms with E-state index in [9.17, 15) is 4.79 Å². The Morgan fingerprint density at radius 3 is 1.82 bits per heavy atom. The van der Waals surface area contributed by atoms with Gasteiger partial charge >= 0.3 is 0 Å². The average Bonchev–Trinajstić information content (AvgIpc) is 3.46. The van der Waals surface area contributed by atoms with Crippen molar-refractivity contribution in [3.8, 4) is 11.5 Å². The van der Waals surface area contributed by atoms with Crippen LogP contribution in [0.1, 0.15) is 31.9 Å². The number of hydrogen-bond donors (Lipinski definition) is 1. The van der Waals surface area contributed by atoms with Crippen LogP contribution in [-0.2, 0) is 16.9 Å². The highest BCUT2D eigenvalue weighted by Crippen LogP contribution is 2.41. The molecule has 0 unspecified atom stereocenters. The number of hydrogen-bond acceptors (Lipinski definition) is 5. The van der Waals surface area contributed by atoms with Crippen molar-refractivity contribution in [2.75, 3.05) is 0 Å². The fourth-order valence-corrected chi connectivity index (χ4v) is 5.78. The number of ether oxygens (including phenoxy) is 2. The Labute approximate surface area is 236 Å². The van der Waals surface area contributed by atoms with Crippen LogP contribution in [0, 0.1) is 0 Å². The highest BCUT2D eigenvalue weighted by atomic mass is 32.1. The first-order valence-electron chi connectivity index (χ1n) is 12.9. The number of thiophene rings is 1. The van der Waals surface area contributed by atoms with Gasteiger partial charge in [0.15, 0.2) is 5.75 Å². The first kappa shape index (κ1) is 25.5. The van der Waals surface area contributed by atoms with Crippen molar-refractivity contribution in [2.45, 2.75) is 12.2 Å². The fraction of sp³-hybridized carbons (Fsp3) is 0.0588. The van der Waals surface area contributed by atoms with E-state index in [0.29, 0.717) is 23.0 Å². The molecule has 6 rings (SSSR count). The molecule has 0 bridgehead atoms. The van der Waals surface area contributed by atoms with E-state index >= 15 is 0 Å². The quantitative estimate of drug-likeness (QED) is 0.190. The second kappa shape index (κ2) is 11.1. The van der Waals surface area contributed by atoms with Gasteiger partial charge in [0.1, 0.15) is 11.4 Å². The zero-order chi connectivity index (χ0) is 27.4. The minimum atomic E-state index is -0.794. The van der Waals surface area contributed by atoms with Crippen LogP contribution in [-0.4, -0.2) is 10.9 Å². The molecule has 0 saturated carbocycles. The van der Waals surface area contributed by atoms with Gasteiger partial charge in [-0.15, -0.1) is 11.3 Å². The van der Waals surface area contributed by atoms with E-state index < -0.39 is 11.5 Å². The maximum Gasteiger partial charge on any atom is 0.258 e. The molecule has 0 fully saturated rings. The zero-order valence-corrected chi connectivity index (χ0v) is 22.4. The Kier molecular flexibility index (Phi) is 7.10. The summed E-state index contributed by atoms with van der Waals surface area (Å²) in [6.45, 7) is 0.378. The van der Waals surface area contributed by atoms with E-state index in [1.165, 1.54) is 11.3 Å². The van der Waals surface area contributed by atoms with Gasteiger partial charge in [0, 0.05) is 11.6 Å². The van der Waals surface area contributed by atoms with Gasteiger partial charge in [-0.05, 0) is 40.5 Å². The van der Waals surface area contributed by atoms with Gasteiger partial charge in [-0.3, -0.25) is 9.78 Å². The molecule has 2 N–H and O–H groups in total. The molecule has 0 saturated heterocycles. The van der Waals surface area contributed by atoms with Gasteiger partial charge in [-0.1, -0.05) is 103 Å². The van der Waals surface area contributed by atoms with Crippen molar-refractivity contribution >= 4 is 27.3 Å². The Balaban J connectivity index is 1.30. The number of primary amides is 1. The molecule has 0 aliphatic rings. The highest BCUT2D eigenvalue weighted by Gasteiger charge is 2.37. The second-order valence-corrected chi connectivity index (χ2v) is 10.4. The summed E-state index contributed by atoms with van der Waals surface area (Å²) in [5.41, 5.74) is 8.84. The Morgan fingerprint density at radius 1 is 0.750 bits per heavy atom. The normalized spacial score (nSPS) is 11.4. The van der Waals surface area contributed by atoms with Gasteiger partial charge in [0.2, 0.25) is 0 Å². The molecule has 6 aromatic rings. The van der Waals surface area contributed by atoms with Crippen LogP contribution in [0.2, 0.25) is 0 Å². The van der Waals surface area contributed by atoms with E-state index in [2.05, 4.69) is 41.4 Å². The van der Waals surface area contributed by atoms with Gasteiger partial charge in [-0.2, -0.15) is 0 Å². The lowest BCUT2D eigenvalue weighted by Crippen LogP contribution is -2.32. The second-order valence-electron chi connectivity index (χ2n) is 9.34. The third kappa shape index (κ3) is 4.98. The first-order chi connectivity index (χ1) is 19.6. The predicted molar refractivity (Wildman–Crippen MR) is 159 cm³/mol. The smallest absolute Gasteiger partial charge is 0.258 e. The summed E-state index contributed by atoms with van der Waals surface area (Å²) in [4.78, 5) is 16.4. The van der Waals surface area contributed by atoms with Crippen LogP contribution in [0.5, 0.6) is 11.5 Å². The van der Waals surface area contributed by atoms with Crippen molar-refractivity contribution in [2.24, 2.45) is 5.73 Å². The van der Waals surface area contributed by atoms with Crippen LogP contribution in [0.4, 0.5) is 0 Å². The molecule has 2 heterocycles. The third-order valence-corrected chi connectivity index (χ3v) is 7.88. The van der Waals surface area contributed by atoms with Crippen molar-refractivity contribution in [1.82, 2.24) is 4.98 Å². The number of pyridine rings is 1. The lowest BCUT2D eigenvalue weighted by Gasteiger charge is -2.36. The van der Waals surface area contributed by atoms with Gasteiger partial charge in [-0.25, -0.2) is 0 Å². The summed E-state index contributed by atoms with van der Waals surface area (Å²) in [5.74, 6) is 0.765. The minimum absolute atomic E-state index is 0.378. The van der Waals surface area contributed by atoms with Crippen LogP contribution in [0.3, 0.4) is 0 Å². The number of carbonyl (C=O) groups is 1. The number of benzene rings is 4. The molecule has 40 heavy (non-hydrogen) atoms. The summed E-state index contributed by atoms with van der Waals surface area (Å²) in [6, 6.07) is 40.5. The van der Waals surface area contributed by atoms with Crippen molar-refractivity contribution in [1.29, 1.82) is 0 Å². The van der Waals surface area contributed by atoms with Crippen molar-refractivity contribution in [3.63, 3.8) is 0 Å². The molecule has 6 heteroatoms. The first-order valence-corrected chi connectivity index (χ1v) is 13.7. The summed E-state index contributed by atoms with van der Waals surface area (Å²) < 4.78 is 13.9. The molecular formula is C34H26N2O3S. The number of aromatic nitrogens is 1. The standard InChI is InChI=1S/C34H26N2O3S/c35-33(37)31-20-29-30(21-36-22-32(29)40-31)39-28-18-16-24(17-19-28)23-38-34(25-10-4-1-5-11-25,26-12-6-2-7-13-26)27-14-8-3-9-15-27/h1-22H,23H2,(H2,35,37). The lowest BCUT2D eigenvalue weighted by molar-refractivity contribution is 0.000233. The molecule has 0 atom stereocenters. The van der Waals surface area contributed by atoms with Crippen LogP contribution in [0.25, 0.3) is 10.1 Å². The van der Waals surface area contributed by atoms with E-state index in [0.717, 1.165) is 32.3 Å². The summed E-state index contributed by atoms with van der Waals surface area (Å²) in [5, 5.41) is 0.805. The maximum atomic E-state index is 11.6. The minimum Gasteiger partial charge on any atom is -0.455 e. The number of fused-ring (bicyclic) bond motifs is 1. The molecular weight excluding hydrogens is 516 g/mol. The van der Waals surface area contributed by atoms with Crippen LogP contribution < -0.4 is 10.5 Å². The predicted octanol–water partition coefficient (Wildman–Crippen LogP) is 7.70. The lowest BCUT2D eigenvalue weighted by atomic mass is 9.80. The van der Waals surface area contributed by atoms with E-state index in [1.54, 1.807) is 18.5 Å². The molecule has 2 aromatic heterocycles. The average molecular weight is 543 g/mol. The van der Waals surface area contributed by atoms with Crippen LogP contribution in [0.15, 0.2) is 134 Å². The number of amides is 1. The zero-order valence-electron chi connectivity index (χ0n) is 21.6. The molecule has 4 aromatic carbocycles. The van der Waals surface area contributed by atoms with Crippen molar-refractivity contribution < 1.29 is 14.3 Å². The molecule has 0 aliphatic carbocycles. The highest BCUT2D eigenvalue weighted by molar-refractivity contribution is 7.20. The molecule has 0 spiro atoms. The Morgan fingerprint density at radius 2 is 1.30 bits per heavy atom. The number of nitrogens with zero attached hydrogens (tertiary/aromatic N) is 1. The van der Waals surface area contributed by atoms with Gasteiger partial charge < -0.3 is 15.2 Å². The molecule has 196 valence electrons. The molecule has 1 amide bonds. The number of carbonyl (C=O) groups excluding carboxylic acids is 1. The van der Waals surface area contributed by atoms with E-state index in [1.807, 2.05) is 78.9 Å². The maximum absolute atomic E-state index is 11.6. The summed E-state index contributed by atoms with van der Waals surface area (Å²) in [7, 11) is 0. The van der Waals surface area contributed by atoms with E-state index in [4.69, 9.17) is 15.2 Å². The SMILES string of the molecule is NC(=O)c1cc2c(Oc3ccc(COC(c4ccccc4)(c4ccccc4)c4ccccc4)cc3)cncc2s1. The fourth-order valence-electron chi connectivity index (χ4n) is 4.88. The Bertz CT molecular complexity index is 1640. The van der Waals surface area contributed by atoms with Crippen molar-refractivity contribution in [3.05, 3.63) is 161 Å². The Hall–Kier alpha value is -4.78.